The molecule has 0 fully saturated rings. The molecule has 0 aliphatic carbocycles. The molecule has 1 heterocycles. The van der Waals surface area contributed by atoms with Gasteiger partial charge in [0.05, 0.1) is 12.3 Å². The van der Waals surface area contributed by atoms with E-state index in [2.05, 4.69) is 9.51 Å². The maximum Gasteiger partial charge on any atom is 0.469 e. The van der Waals surface area contributed by atoms with Crippen molar-refractivity contribution in [2.45, 2.75) is 26.0 Å². The molecule has 10 nitrogen and oxygen atoms in total. The average Bonchev–Trinajstić information content (AvgIpc) is 2.51. The third-order valence-electron chi connectivity index (χ3n) is 3.06. The van der Waals surface area contributed by atoms with Crippen LogP contribution in [0, 0.1) is 6.92 Å². The van der Waals surface area contributed by atoms with Crippen LogP contribution in [-0.2, 0) is 20.5 Å². The van der Waals surface area contributed by atoms with Crippen LogP contribution in [0.2, 0.25) is 0 Å². The second-order valence-corrected chi connectivity index (χ2v) is 6.28. The highest BCUT2D eigenvalue weighted by molar-refractivity contribution is 7.46. The minimum absolute atomic E-state index is 0.110. The van der Waals surface area contributed by atoms with E-state index in [4.69, 9.17) is 20.6 Å². The smallest absolute Gasteiger partial charge is 0.469 e. The van der Waals surface area contributed by atoms with Gasteiger partial charge in [-0.05, 0) is 31.6 Å². The summed E-state index contributed by atoms with van der Waals surface area (Å²) in [6.07, 6.45) is 4.79. The Labute approximate surface area is 143 Å². The van der Waals surface area contributed by atoms with Gasteiger partial charge in [-0.3, -0.25) is 14.3 Å². The predicted octanol–water partition coefficient (Wildman–Crippen LogP) is 0.962. The number of hydrogen-bond donors (Lipinski definition) is 6. The number of phosphoric acid groups is 1. The van der Waals surface area contributed by atoms with Crippen molar-refractivity contribution in [2.24, 2.45) is 5.73 Å². The summed E-state index contributed by atoms with van der Waals surface area (Å²) in [5.41, 5.74) is 5.88. The molecule has 1 atom stereocenters. The maximum absolute atomic E-state index is 10.8. The number of rotatable bonds is 8. The largest absolute Gasteiger partial charge is 0.508 e. The number of aliphatic carboxylic acids is 1. The Bertz CT molecular complexity index is 741. The number of carboxylic acid groups (broad SMARTS) is 1. The zero-order chi connectivity index (χ0) is 19.2. The molecule has 0 aliphatic heterocycles. The molecule has 0 aliphatic rings. The molecule has 138 valence electrons. The minimum Gasteiger partial charge on any atom is -0.508 e. The molecule has 1 aromatic heterocycles. The number of aliphatic hydroxyl groups is 1. The lowest BCUT2D eigenvalue weighted by molar-refractivity contribution is -0.138. The van der Waals surface area contributed by atoms with Gasteiger partial charge >= 0.3 is 13.8 Å². The molecule has 1 aromatic rings. The summed E-state index contributed by atoms with van der Waals surface area (Å²) in [7, 11) is -4.71. The van der Waals surface area contributed by atoms with E-state index in [-0.39, 0.29) is 34.8 Å². The van der Waals surface area contributed by atoms with Crippen LogP contribution in [0.3, 0.4) is 0 Å². The summed E-state index contributed by atoms with van der Waals surface area (Å²) in [4.78, 5) is 32.0. The van der Waals surface area contributed by atoms with Crippen LogP contribution in [0.25, 0.3) is 6.08 Å². The van der Waals surface area contributed by atoms with E-state index in [9.17, 15) is 19.6 Å². The number of aryl methyl sites for hydroxylation is 1. The van der Waals surface area contributed by atoms with Crippen molar-refractivity contribution in [2.75, 3.05) is 0 Å². The van der Waals surface area contributed by atoms with Crippen LogP contribution in [0.4, 0.5) is 0 Å². The summed E-state index contributed by atoms with van der Waals surface area (Å²) in [6, 6.07) is -1.17. The maximum atomic E-state index is 10.8. The standard InChI is InChI=1S/C14H19N2O8P/c1-8-13(18)11(9(6-16-8)7-24-25(21,22)23)4-2-10(17)3-5-12(15)14(19)20/h2-4,6,12,17-18H,5,7,15H2,1H3,(H,19,20)(H2,21,22,23). The Morgan fingerprint density at radius 2 is 2.08 bits per heavy atom. The second kappa shape index (κ2) is 8.75. The molecule has 0 bridgehead atoms. The van der Waals surface area contributed by atoms with Crippen molar-refractivity contribution >= 4 is 19.9 Å². The first-order valence-corrected chi connectivity index (χ1v) is 8.47. The molecular weight excluding hydrogens is 355 g/mol. The van der Waals surface area contributed by atoms with Gasteiger partial charge in [-0.1, -0.05) is 0 Å². The molecule has 1 unspecified atom stereocenters. The van der Waals surface area contributed by atoms with Crippen LogP contribution in [0.1, 0.15) is 23.2 Å². The van der Waals surface area contributed by atoms with E-state index in [0.29, 0.717) is 0 Å². The number of carbonyl (C=O) groups is 1. The number of aromatic nitrogens is 1. The van der Waals surface area contributed by atoms with Gasteiger partial charge in [-0.2, -0.15) is 0 Å². The molecule has 25 heavy (non-hydrogen) atoms. The van der Waals surface area contributed by atoms with Crippen molar-refractivity contribution in [1.29, 1.82) is 0 Å². The minimum atomic E-state index is -4.71. The van der Waals surface area contributed by atoms with Gasteiger partial charge < -0.3 is 30.8 Å². The lowest BCUT2D eigenvalue weighted by atomic mass is 10.1. The fourth-order valence-corrected chi connectivity index (χ4v) is 2.00. The number of carboxylic acids is 1. The van der Waals surface area contributed by atoms with Crippen LogP contribution < -0.4 is 5.73 Å². The third-order valence-corrected chi connectivity index (χ3v) is 3.53. The highest BCUT2D eigenvalue weighted by Gasteiger charge is 2.17. The average molecular weight is 374 g/mol. The van der Waals surface area contributed by atoms with E-state index < -0.39 is 26.4 Å². The Hall–Kier alpha value is -2.23. The van der Waals surface area contributed by atoms with Gasteiger partial charge in [-0.15, -0.1) is 0 Å². The van der Waals surface area contributed by atoms with Crippen LogP contribution in [-0.4, -0.2) is 42.1 Å². The first-order valence-electron chi connectivity index (χ1n) is 6.94. The van der Waals surface area contributed by atoms with E-state index in [0.717, 1.165) is 0 Å². The number of pyridine rings is 1. The number of aliphatic hydroxyl groups excluding tert-OH is 1. The van der Waals surface area contributed by atoms with Gasteiger partial charge in [0.15, 0.2) is 0 Å². The molecule has 0 aromatic carbocycles. The number of aromatic hydroxyl groups is 1. The monoisotopic (exact) mass is 374 g/mol. The summed E-state index contributed by atoms with van der Waals surface area (Å²) in [6.45, 7) is 1.00. The summed E-state index contributed by atoms with van der Waals surface area (Å²) in [5, 5.41) is 28.4. The highest BCUT2D eigenvalue weighted by Crippen LogP contribution is 2.38. The Morgan fingerprint density at radius 3 is 2.64 bits per heavy atom. The fraction of sp³-hybridized carbons (Fsp3) is 0.286. The molecule has 0 amide bonds. The van der Waals surface area contributed by atoms with E-state index in [1.165, 1.54) is 31.3 Å². The van der Waals surface area contributed by atoms with E-state index in [1.807, 2.05) is 0 Å². The van der Waals surface area contributed by atoms with Crippen molar-refractivity contribution in [3.8, 4) is 5.75 Å². The molecule has 0 saturated carbocycles. The molecule has 7 N–H and O–H groups in total. The Kier molecular flexibility index (Phi) is 7.28. The SMILES string of the molecule is Cc1ncc(COP(=O)(O)O)c(C=CC(O)=CCC(N)C(=O)O)c1O. The lowest BCUT2D eigenvalue weighted by Gasteiger charge is -2.11. The Morgan fingerprint density at radius 1 is 1.44 bits per heavy atom. The molecule has 0 spiro atoms. The first kappa shape index (κ1) is 20.8. The topological polar surface area (TPSA) is 183 Å². The Balaban J connectivity index is 3.02. The predicted molar refractivity (Wildman–Crippen MR) is 87.4 cm³/mol. The van der Waals surface area contributed by atoms with E-state index >= 15 is 0 Å². The first-order chi connectivity index (χ1) is 11.5. The normalized spacial score (nSPS) is 14.0. The van der Waals surface area contributed by atoms with Gasteiger partial charge in [0, 0.05) is 17.3 Å². The zero-order valence-electron chi connectivity index (χ0n) is 13.2. The number of nitrogens with two attached hydrogens (primary N) is 1. The van der Waals surface area contributed by atoms with Crippen LogP contribution >= 0.6 is 7.82 Å². The van der Waals surface area contributed by atoms with E-state index in [1.54, 1.807) is 0 Å². The lowest BCUT2D eigenvalue weighted by Crippen LogP contribution is -2.29. The van der Waals surface area contributed by atoms with Gasteiger partial charge in [0.25, 0.3) is 0 Å². The number of phosphoric ester groups is 1. The summed E-state index contributed by atoms with van der Waals surface area (Å²) < 4.78 is 15.2. The van der Waals surface area contributed by atoms with Crippen molar-refractivity contribution in [3.05, 3.63) is 40.9 Å². The van der Waals surface area contributed by atoms with Crippen molar-refractivity contribution < 1.29 is 39.0 Å². The zero-order valence-corrected chi connectivity index (χ0v) is 14.1. The molecule has 1 rings (SSSR count). The fourth-order valence-electron chi connectivity index (χ4n) is 1.69. The molecule has 0 radical (unpaired) electrons. The molecule has 0 saturated heterocycles. The molecular formula is C14H19N2O8P. The van der Waals surface area contributed by atoms with Gasteiger partial charge in [-0.25, -0.2) is 4.57 Å². The van der Waals surface area contributed by atoms with Crippen molar-refractivity contribution in [1.82, 2.24) is 4.98 Å². The quantitative estimate of drug-likeness (QED) is 0.218. The molecule has 11 heteroatoms. The summed E-state index contributed by atoms with van der Waals surface area (Å²) >= 11 is 0. The highest BCUT2D eigenvalue weighted by atomic mass is 31.2. The van der Waals surface area contributed by atoms with Crippen LogP contribution in [0.15, 0.2) is 24.1 Å². The van der Waals surface area contributed by atoms with Crippen LogP contribution in [0.5, 0.6) is 5.75 Å². The van der Waals surface area contributed by atoms with Gasteiger partial charge in [0.2, 0.25) is 0 Å². The number of hydrogen-bond acceptors (Lipinski definition) is 7. The number of nitrogens with zero attached hydrogens (tertiary/aromatic N) is 1. The number of allylic oxidation sites excluding steroid dienone is 1. The second-order valence-electron chi connectivity index (χ2n) is 5.04. The third kappa shape index (κ3) is 7.04. The van der Waals surface area contributed by atoms with Gasteiger partial charge in [0.1, 0.15) is 17.6 Å². The summed E-state index contributed by atoms with van der Waals surface area (Å²) in [5.74, 6) is -1.77. The van der Waals surface area contributed by atoms with Crippen molar-refractivity contribution in [3.63, 3.8) is 0 Å².